The van der Waals surface area contributed by atoms with E-state index in [1.165, 1.54) is 5.56 Å². The molecular formula is C14H16O3. The fraction of sp³-hybridized carbons (Fsp3) is 0.500. The van der Waals surface area contributed by atoms with Crippen LogP contribution in [0.15, 0.2) is 18.2 Å². The number of carbonyl (C=O) groups is 1. The first-order chi connectivity index (χ1) is 8.33. The molecule has 3 rings (SSSR count). The Hall–Kier alpha value is -1.35. The van der Waals surface area contributed by atoms with E-state index in [-0.39, 0.29) is 11.9 Å². The first-order valence-electron chi connectivity index (χ1n) is 6.22. The van der Waals surface area contributed by atoms with Crippen molar-refractivity contribution in [3.8, 4) is 5.75 Å². The van der Waals surface area contributed by atoms with Crippen molar-refractivity contribution in [3.63, 3.8) is 0 Å². The molecule has 0 saturated carbocycles. The van der Waals surface area contributed by atoms with Gasteiger partial charge in [0.05, 0.1) is 6.61 Å². The molecule has 0 aliphatic carbocycles. The fourth-order valence-corrected chi connectivity index (χ4v) is 2.50. The zero-order valence-electron chi connectivity index (χ0n) is 9.78. The Morgan fingerprint density at radius 2 is 2.29 bits per heavy atom. The molecule has 1 aromatic carbocycles. The van der Waals surface area contributed by atoms with Gasteiger partial charge in [0, 0.05) is 19.4 Å². The third-order valence-electron chi connectivity index (χ3n) is 3.42. The number of rotatable bonds is 3. The van der Waals surface area contributed by atoms with E-state index in [9.17, 15) is 4.79 Å². The van der Waals surface area contributed by atoms with Gasteiger partial charge in [0.15, 0.2) is 5.78 Å². The van der Waals surface area contributed by atoms with E-state index in [0.717, 1.165) is 43.8 Å². The maximum absolute atomic E-state index is 12.0. The molecule has 2 heterocycles. The summed E-state index contributed by atoms with van der Waals surface area (Å²) in [4.78, 5) is 12.0. The lowest BCUT2D eigenvalue weighted by atomic mass is 10.0. The first kappa shape index (κ1) is 10.8. The minimum atomic E-state index is -0.167. The van der Waals surface area contributed by atoms with E-state index in [2.05, 4.69) is 6.07 Å². The van der Waals surface area contributed by atoms with Crippen LogP contribution < -0.4 is 4.74 Å². The van der Waals surface area contributed by atoms with Crippen LogP contribution in [0.3, 0.4) is 0 Å². The Bertz CT molecular complexity index is 433. The van der Waals surface area contributed by atoms with Crippen LogP contribution in [0.25, 0.3) is 0 Å². The predicted octanol–water partition coefficient (Wildman–Crippen LogP) is 1.91. The molecule has 0 spiro atoms. The second-order valence-corrected chi connectivity index (χ2v) is 4.69. The third-order valence-corrected chi connectivity index (χ3v) is 3.42. The van der Waals surface area contributed by atoms with Crippen molar-refractivity contribution in [2.24, 2.45) is 0 Å². The SMILES string of the molecule is O=C(Cc1ccc2c(c1)CCO2)C1CCCO1. The van der Waals surface area contributed by atoms with Crippen LogP contribution in [0.5, 0.6) is 5.75 Å². The van der Waals surface area contributed by atoms with Gasteiger partial charge >= 0.3 is 0 Å². The molecule has 1 atom stereocenters. The average Bonchev–Trinajstić information content (AvgIpc) is 2.99. The lowest BCUT2D eigenvalue weighted by Crippen LogP contribution is -2.21. The van der Waals surface area contributed by atoms with Crippen molar-refractivity contribution in [1.29, 1.82) is 0 Å². The topological polar surface area (TPSA) is 35.5 Å². The third kappa shape index (κ3) is 2.20. The largest absolute Gasteiger partial charge is 0.493 e. The normalized spacial score (nSPS) is 22.2. The van der Waals surface area contributed by atoms with Gasteiger partial charge < -0.3 is 9.47 Å². The van der Waals surface area contributed by atoms with Crippen molar-refractivity contribution in [3.05, 3.63) is 29.3 Å². The zero-order valence-corrected chi connectivity index (χ0v) is 9.78. The molecule has 1 unspecified atom stereocenters. The van der Waals surface area contributed by atoms with Gasteiger partial charge in [-0.1, -0.05) is 12.1 Å². The minimum absolute atomic E-state index is 0.167. The molecule has 90 valence electrons. The Morgan fingerprint density at radius 3 is 3.12 bits per heavy atom. The molecule has 2 aliphatic rings. The molecule has 2 aliphatic heterocycles. The van der Waals surface area contributed by atoms with E-state index in [1.807, 2.05) is 12.1 Å². The van der Waals surface area contributed by atoms with Gasteiger partial charge in [-0.25, -0.2) is 0 Å². The molecule has 0 radical (unpaired) electrons. The summed E-state index contributed by atoms with van der Waals surface area (Å²) in [6, 6.07) is 6.05. The Morgan fingerprint density at radius 1 is 1.35 bits per heavy atom. The molecule has 3 heteroatoms. The lowest BCUT2D eigenvalue weighted by molar-refractivity contribution is -0.127. The van der Waals surface area contributed by atoms with Gasteiger partial charge in [-0.05, 0) is 30.0 Å². The van der Waals surface area contributed by atoms with Crippen molar-refractivity contribution in [2.75, 3.05) is 13.2 Å². The fourth-order valence-electron chi connectivity index (χ4n) is 2.50. The number of Topliss-reactive ketones (excluding diaryl/α,β-unsaturated/α-hetero) is 1. The average molecular weight is 232 g/mol. The summed E-state index contributed by atoms with van der Waals surface area (Å²) in [5, 5.41) is 0. The highest BCUT2D eigenvalue weighted by molar-refractivity contribution is 5.85. The van der Waals surface area contributed by atoms with E-state index in [0.29, 0.717) is 6.42 Å². The second-order valence-electron chi connectivity index (χ2n) is 4.69. The van der Waals surface area contributed by atoms with Gasteiger partial charge in [-0.2, -0.15) is 0 Å². The number of ether oxygens (including phenoxy) is 2. The number of carbonyl (C=O) groups excluding carboxylic acids is 1. The summed E-state index contributed by atoms with van der Waals surface area (Å²) in [5.74, 6) is 1.18. The highest BCUT2D eigenvalue weighted by atomic mass is 16.5. The summed E-state index contributed by atoms with van der Waals surface area (Å²) in [5.41, 5.74) is 2.30. The van der Waals surface area contributed by atoms with E-state index in [4.69, 9.17) is 9.47 Å². The predicted molar refractivity (Wildman–Crippen MR) is 63.3 cm³/mol. The Labute approximate surface area is 101 Å². The molecule has 0 bridgehead atoms. The van der Waals surface area contributed by atoms with E-state index >= 15 is 0 Å². The molecule has 17 heavy (non-hydrogen) atoms. The lowest BCUT2D eigenvalue weighted by Gasteiger charge is -2.08. The highest BCUT2D eigenvalue weighted by Gasteiger charge is 2.23. The number of fused-ring (bicyclic) bond motifs is 1. The Balaban J connectivity index is 1.70. The van der Waals surface area contributed by atoms with Crippen LogP contribution in [0.2, 0.25) is 0 Å². The van der Waals surface area contributed by atoms with Crippen LogP contribution in [0, 0.1) is 0 Å². The number of hydrogen-bond acceptors (Lipinski definition) is 3. The summed E-state index contributed by atoms with van der Waals surface area (Å²) in [7, 11) is 0. The first-order valence-corrected chi connectivity index (χ1v) is 6.22. The molecule has 0 N–H and O–H groups in total. The van der Waals surface area contributed by atoms with Crippen LogP contribution in [0.1, 0.15) is 24.0 Å². The monoisotopic (exact) mass is 232 g/mol. The quantitative estimate of drug-likeness (QED) is 0.798. The molecule has 3 nitrogen and oxygen atoms in total. The summed E-state index contributed by atoms with van der Waals surface area (Å²) >= 11 is 0. The second kappa shape index (κ2) is 4.49. The standard InChI is InChI=1S/C14H16O3/c15-12(14-2-1-6-16-14)9-10-3-4-13-11(8-10)5-7-17-13/h3-4,8,14H,1-2,5-7,9H2. The van der Waals surface area contributed by atoms with Crippen molar-refractivity contribution < 1.29 is 14.3 Å². The van der Waals surface area contributed by atoms with Crippen molar-refractivity contribution in [2.45, 2.75) is 31.8 Å². The van der Waals surface area contributed by atoms with Crippen LogP contribution >= 0.6 is 0 Å². The Kier molecular flexibility index (Phi) is 2.85. The number of benzene rings is 1. The van der Waals surface area contributed by atoms with E-state index < -0.39 is 0 Å². The van der Waals surface area contributed by atoms with Gasteiger partial charge in [0.25, 0.3) is 0 Å². The van der Waals surface area contributed by atoms with Gasteiger partial charge in [0.1, 0.15) is 11.9 Å². The molecule has 0 aromatic heterocycles. The van der Waals surface area contributed by atoms with Crippen LogP contribution in [-0.2, 0) is 22.4 Å². The maximum Gasteiger partial charge on any atom is 0.165 e. The number of hydrogen-bond donors (Lipinski definition) is 0. The molecule has 1 fully saturated rings. The summed E-state index contributed by atoms with van der Waals surface area (Å²) < 4.78 is 10.9. The zero-order chi connectivity index (χ0) is 11.7. The summed E-state index contributed by atoms with van der Waals surface area (Å²) in [6.07, 6.45) is 3.16. The van der Waals surface area contributed by atoms with E-state index in [1.54, 1.807) is 0 Å². The van der Waals surface area contributed by atoms with Gasteiger partial charge in [-0.15, -0.1) is 0 Å². The van der Waals surface area contributed by atoms with Gasteiger partial charge in [0.2, 0.25) is 0 Å². The number of ketones is 1. The van der Waals surface area contributed by atoms with Crippen molar-refractivity contribution in [1.82, 2.24) is 0 Å². The maximum atomic E-state index is 12.0. The van der Waals surface area contributed by atoms with Crippen LogP contribution in [-0.4, -0.2) is 25.1 Å². The summed E-state index contributed by atoms with van der Waals surface area (Å²) in [6.45, 7) is 1.49. The smallest absolute Gasteiger partial charge is 0.165 e. The molecule has 1 saturated heterocycles. The minimum Gasteiger partial charge on any atom is -0.493 e. The molecule has 0 amide bonds. The van der Waals surface area contributed by atoms with Crippen molar-refractivity contribution >= 4 is 5.78 Å². The molecular weight excluding hydrogens is 216 g/mol. The van der Waals surface area contributed by atoms with Gasteiger partial charge in [-0.3, -0.25) is 4.79 Å². The molecule has 1 aromatic rings. The van der Waals surface area contributed by atoms with Crippen LogP contribution in [0.4, 0.5) is 0 Å². The highest BCUT2D eigenvalue weighted by Crippen LogP contribution is 2.26.